The van der Waals surface area contributed by atoms with Gasteiger partial charge in [-0.15, -0.1) is 11.3 Å². The number of benzene rings is 1. The lowest BCUT2D eigenvalue weighted by molar-refractivity contribution is -0.115. The molecule has 0 saturated heterocycles. The van der Waals surface area contributed by atoms with Gasteiger partial charge >= 0.3 is 0 Å². The Balaban J connectivity index is 1.95. The van der Waals surface area contributed by atoms with Crippen LogP contribution < -0.4 is 11.1 Å². The second kappa shape index (κ2) is 6.46. The Hall–Kier alpha value is -1.57. The molecule has 0 spiro atoms. The summed E-state index contributed by atoms with van der Waals surface area (Å²) in [7, 11) is -3.41. The highest BCUT2D eigenvalue weighted by atomic mass is 35.5. The normalized spacial score (nSPS) is 11.3. The van der Waals surface area contributed by atoms with Crippen LogP contribution in [-0.4, -0.2) is 20.1 Å². The first-order valence-electron chi connectivity index (χ1n) is 5.99. The zero-order valence-corrected chi connectivity index (χ0v) is 13.3. The number of anilines is 2. The standard InChI is InChI=1S/C13H13ClN2O3S2/c14-10-4-3-9(8-11(10)15)16-12(17)5-7-21(18,19)13-2-1-6-20-13/h1-4,6,8H,5,7,15H2,(H,16,17). The summed E-state index contributed by atoms with van der Waals surface area (Å²) >= 11 is 6.92. The van der Waals surface area contributed by atoms with Crippen molar-refractivity contribution >= 4 is 50.1 Å². The SMILES string of the molecule is Nc1cc(NC(=O)CCS(=O)(=O)c2cccs2)ccc1Cl. The molecule has 0 atom stereocenters. The topological polar surface area (TPSA) is 89.3 Å². The van der Waals surface area contributed by atoms with Gasteiger partial charge < -0.3 is 11.1 Å². The van der Waals surface area contributed by atoms with Gasteiger partial charge in [-0.3, -0.25) is 4.79 Å². The Morgan fingerprint density at radius 1 is 1.33 bits per heavy atom. The van der Waals surface area contributed by atoms with Crippen molar-refractivity contribution < 1.29 is 13.2 Å². The first-order valence-corrected chi connectivity index (χ1v) is 8.90. The number of nitrogens with two attached hydrogens (primary N) is 1. The monoisotopic (exact) mass is 344 g/mol. The highest BCUT2D eigenvalue weighted by Crippen LogP contribution is 2.22. The van der Waals surface area contributed by atoms with Crippen LogP contribution in [0.2, 0.25) is 5.02 Å². The van der Waals surface area contributed by atoms with Crippen LogP contribution in [0.3, 0.4) is 0 Å². The highest BCUT2D eigenvalue weighted by Gasteiger charge is 2.17. The van der Waals surface area contributed by atoms with E-state index in [0.717, 1.165) is 11.3 Å². The maximum absolute atomic E-state index is 11.9. The van der Waals surface area contributed by atoms with Crippen LogP contribution in [0.25, 0.3) is 0 Å². The van der Waals surface area contributed by atoms with Crippen LogP contribution in [0.5, 0.6) is 0 Å². The molecule has 0 fully saturated rings. The molecule has 21 heavy (non-hydrogen) atoms. The van der Waals surface area contributed by atoms with Gasteiger partial charge in [0.2, 0.25) is 5.91 Å². The minimum absolute atomic E-state index is 0.122. The van der Waals surface area contributed by atoms with E-state index in [1.165, 1.54) is 12.1 Å². The fourth-order valence-corrected chi connectivity index (χ4v) is 4.12. The second-order valence-corrected chi connectivity index (χ2v) is 7.98. The summed E-state index contributed by atoms with van der Waals surface area (Å²) in [6, 6.07) is 7.87. The smallest absolute Gasteiger partial charge is 0.225 e. The molecule has 8 heteroatoms. The Bertz CT molecular complexity index is 743. The number of hydrogen-bond donors (Lipinski definition) is 2. The lowest BCUT2D eigenvalue weighted by Gasteiger charge is -2.07. The summed E-state index contributed by atoms with van der Waals surface area (Å²) in [6.45, 7) is 0. The Morgan fingerprint density at radius 2 is 2.10 bits per heavy atom. The Kier molecular flexibility index (Phi) is 4.87. The summed E-state index contributed by atoms with van der Waals surface area (Å²) in [5.41, 5.74) is 6.46. The molecule has 0 aliphatic heterocycles. The second-order valence-electron chi connectivity index (χ2n) is 4.29. The Labute approximate surface area is 131 Å². The molecule has 1 amide bonds. The third-order valence-electron chi connectivity index (χ3n) is 2.68. The lowest BCUT2D eigenvalue weighted by Crippen LogP contribution is -2.17. The van der Waals surface area contributed by atoms with Gasteiger partial charge in [-0.05, 0) is 29.6 Å². The minimum atomic E-state index is -3.41. The van der Waals surface area contributed by atoms with Crippen molar-refractivity contribution in [3.63, 3.8) is 0 Å². The third kappa shape index (κ3) is 4.20. The van der Waals surface area contributed by atoms with Crippen LogP contribution in [-0.2, 0) is 14.6 Å². The number of hydrogen-bond acceptors (Lipinski definition) is 5. The van der Waals surface area contributed by atoms with Gasteiger partial charge in [0.15, 0.2) is 9.84 Å². The largest absolute Gasteiger partial charge is 0.397 e. The molecule has 2 rings (SSSR count). The zero-order valence-electron chi connectivity index (χ0n) is 10.9. The van der Waals surface area contributed by atoms with Gasteiger partial charge in [0.05, 0.1) is 16.5 Å². The third-order valence-corrected chi connectivity index (χ3v) is 6.23. The molecule has 1 aromatic carbocycles. The van der Waals surface area contributed by atoms with E-state index in [-0.39, 0.29) is 16.4 Å². The van der Waals surface area contributed by atoms with Crippen molar-refractivity contribution in [3.05, 3.63) is 40.7 Å². The van der Waals surface area contributed by atoms with E-state index in [1.54, 1.807) is 23.6 Å². The lowest BCUT2D eigenvalue weighted by atomic mass is 10.2. The average molecular weight is 345 g/mol. The molecule has 0 radical (unpaired) electrons. The molecular formula is C13H13ClN2O3S2. The summed E-state index contributed by atoms with van der Waals surface area (Å²) in [5.74, 6) is -0.626. The molecule has 1 aromatic heterocycles. The fraction of sp³-hybridized carbons (Fsp3) is 0.154. The predicted molar refractivity (Wildman–Crippen MR) is 85.5 cm³/mol. The van der Waals surface area contributed by atoms with Crippen molar-refractivity contribution in [2.24, 2.45) is 0 Å². The van der Waals surface area contributed by atoms with E-state index in [4.69, 9.17) is 17.3 Å². The molecular weight excluding hydrogens is 332 g/mol. The highest BCUT2D eigenvalue weighted by molar-refractivity contribution is 7.93. The first kappa shape index (κ1) is 15.8. The molecule has 112 valence electrons. The molecule has 1 heterocycles. The van der Waals surface area contributed by atoms with Crippen molar-refractivity contribution in [3.8, 4) is 0 Å². The van der Waals surface area contributed by atoms with Gasteiger partial charge in [-0.25, -0.2) is 8.42 Å². The van der Waals surface area contributed by atoms with Crippen molar-refractivity contribution in [2.45, 2.75) is 10.6 Å². The quantitative estimate of drug-likeness (QED) is 0.816. The van der Waals surface area contributed by atoms with Crippen molar-refractivity contribution in [2.75, 3.05) is 16.8 Å². The fourth-order valence-electron chi connectivity index (χ4n) is 1.61. The molecule has 0 aliphatic carbocycles. The van der Waals surface area contributed by atoms with E-state index in [9.17, 15) is 13.2 Å². The maximum atomic E-state index is 11.9. The number of carbonyl (C=O) groups excluding carboxylic acids is 1. The van der Waals surface area contributed by atoms with Crippen LogP contribution in [0.4, 0.5) is 11.4 Å². The number of carbonyl (C=O) groups is 1. The summed E-state index contributed by atoms with van der Waals surface area (Å²) in [4.78, 5) is 11.8. The predicted octanol–water partition coefficient (Wildman–Crippen LogP) is 2.79. The van der Waals surface area contributed by atoms with E-state index >= 15 is 0 Å². The summed E-state index contributed by atoms with van der Waals surface area (Å²) in [6.07, 6.45) is -0.122. The summed E-state index contributed by atoms with van der Waals surface area (Å²) < 4.78 is 24.2. The number of nitrogen functional groups attached to an aromatic ring is 1. The van der Waals surface area contributed by atoms with E-state index in [2.05, 4.69) is 5.32 Å². The van der Waals surface area contributed by atoms with Crippen molar-refractivity contribution in [1.82, 2.24) is 0 Å². The van der Waals surface area contributed by atoms with E-state index in [0.29, 0.717) is 16.4 Å². The van der Waals surface area contributed by atoms with Gasteiger partial charge in [0.25, 0.3) is 0 Å². The first-order chi connectivity index (χ1) is 9.88. The number of sulfone groups is 1. The zero-order chi connectivity index (χ0) is 15.5. The Morgan fingerprint density at radius 3 is 2.71 bits per heavy atom. The molecule has 2 aromatic rings. The van der Waals surface area contributed by atoms with Crippen molar-refractivity contribution in [1.29, 1.82) is 0 Å². The number of rotatable bonds is 5. The molecule has 5 nitrogen and oxygen atoms in total. The molecule has 0 unspecified atom stereocenters. The van der Waals surface area contributed by atoms with Gasteiger partial charge in [0.1, 0.15) is 4.21 Å². The minimum Gasteiger partial charge on any atom is -0.397 e. The summed E-state index contributed by atoms with van der Waals surface area (Å²) in [5, 5.41) is 4.67. The molecule has 0 saturated carbocycles. The molecule has 0 aliphatic rings. The number of halogens is 1. The number of amides is 1. The number of nitrogens with one attached hydrogen (secondary N) is 1. The van der Waals surface area contributed by atoms with Gasteiger partial charge in [0, 0.05) is 12.1 Å². The molecule has 3 N–H and O–H groups in total. The van der Waals surface area contributed by atoms with E-state index in [1.807, 2.05) is 0 Å². The van der Waals surface area contributed by atoms with Crippen LogP contribution in [0.15, 0.2) is 39.9 Å². The van der Waals surface area contributed by atoms with Crippen LogP contribution in [0.1, 0.15) is 6.42 Å². The maximum Gasteiger partial charge on any atom is 0.225 e. The van der Waals surface area contributed by atoms with Crippen LogP contribution in [0, 0.1) is 0 Å². The van der Waals surface area contributed by atoms with Gasteiger partial charge in [-0.1, -0.05) is 17.7 Å². The van der Waals surface area contributed by atoms with E-state index < -0.39 is 15.7 Å². The van der Waals surface area contributed by atoms with Crippen LogP contribution >= 0.6 is 22.9 Å². The molecule has 0 bridgehead atoms. The number of thiophene rings is 1. The average Bonchev–Trinajstić information content (AvgIpc) is 2.96. The van der Waals surface area contributed by atoms with Gasteiger partial charge in [-0.2, -0.15) is 0 Å².